The molecule has 0 heterocycles. The predicted molar refractivity (Wildman–Crippen MR) is 76.5 cm³/mol. The third-order valence-corrected chi connectivity index (χ3v) is 2.96. The summed E-state index contributed by atoms with van der Waals surface area (Å²) in [5.74, 6) is 1.61. The number of ether oxygens (including phenoxy) is 2. The van der Waals surface area contributed by atoms with Crippen LogP contribution in [0.15, 0.2) is 48.5 Å². The van der Waals surface area contributed by atoms with Crippen LogP contribution < -0.4 is 9.47 Å². The van der Waals surface area contributed by atoms with Gasteiger partial charge in [-0.15, -0.1) is 0 Å². The van der Waals surface area contributed by atoms with Crippen LogP contribution in [-0.4, -0.2) is 19.9 Å². The Balaban J connectivity index is 2.11. The fourth-order valence-electron chi connectivity index (χ4n) is 1.86. The molecule has 0 aliphatic heterocycles. The van der Waals surface area contributed by atoms with Crippen molar-refractivity contribution in [3.63, 3.8) is 0 Å². The summed E-state index contributed by atoms with van der Waals surface area (Å²) < 4.78 is 10.3. The summed E-state index contributed by atoms with van der Waals surface area (Å²) in [5, 5.41) is 8.15. The van der Waals surface area contributed by atoms with E-state index < -0.39 is 0 Å². The second kappa shape index (κ2) is 6.05. The number of methoxy groups -OCH3 is 2. The van der Waals surface area contributed by atoms with Gasteiger partial charge in [0.1, 0.15) is 11.5 Å². The van der Waals surface area contributed by atoms with E-state index in [1.54, 1.807) is 14.2 Å². The van der Waals surface area contributed by atoms with Crippen molar-refractivity contribution in [1.82, 2.24) is 0 Å². The Kier molecular flexibility index (Phi) is 4.18. The molecular formula is C16H17NO2. The minimum atomic E-state index is 0.573. The summed E-state index contributed by atoms with van der Waals surface area (Å²) >= 11 is 0. The van der Waals surface area contributed by atoms with Gasteiger partial charge in [0.05, 0.1) is 14.2 Å². The summed E-state index contributed by atoms with van der Waals surface area (Å²) in [5.41, 5.74) is 2.55. The summed E-state index contributed by atoms with van der Waals surface area (Å²) in [6.45, 7) is 0. The standard InChI is InChI=1S/C16H17NO2/c1-18-14-8-6-12(7-9-14)10-16(17)13-4-3-5-15(11-13)19-2/h3-9,11,17H,10H2,1-2H3. The normalized spacial score (nSPS) is 10.0. The van der Waals surface area contributed by atoms with Gasteiger partial charge < -0.3 is 14.9 Å². The van der Waals surface area contributed by atoms with Crippen LogP contribution in [0.1, 0.15) is 11.1 Å². The van der Waals surface area contributed by atoms with Crippen LogP contribution in [0.2, 0.25) is 0 Å². The number of benzene rings is 2. The van der Waals surface area contributed by atoms with Crippen molar-refractivity contribution < 1.29 is 9.47 Å². The van der Waals surface area contributed by atoms with Crippen molar-refractivity contribution in [2.45, 2.75) is 6.42 Å². The fourth-order valence-corrected chi connectivity index (χ4v) is 1.86. The van der Waals surface area contributed by atoms with Crippen LogP contribution in [0, 0.1) is 5.41 Å². The highest BCUT2D eigenvalue weighted by Crippen LogP contribution is 2.16. The smallest absolute Gasteiger partial charge is 0.119 e. The molecule has 3 nitrogen and oxygen atoms in total. The van der Waals surface area contributed by atoms with Gasteiger partial charge in [-0.3, -0.25) is 0 Å². The average molecular weight is 255 g/mol. The molecule has 2 aromatic carbocycles. The molecule has 0 aromatic heterocycles. The van der Waals surface area contributed by atoms with Crippen LogP contribution in [0.25, 0.3) is 0 Å². The zero-order valence-electron chi connectivity index (χ0n) is 11.1. The molecule has 98 valence electrons. The SMILES string of the molecule is COc1ccc(CC(=N)c2cccc(OC)c2)cc1. The Morgan fingerprint density at radius 1 is 0.947 bits per heavy atom. The molecule has 0 aliphatic carbocycles. The number of rotatable bonds is 5. The Morgan fingerprint density at radius 3 is 2.26 bits per heavy atom. The minimum absolute atomic E-state index is 0.573. The van der Waals surface area contributed by atoms with Crippen LogP contribution in [0.4, 0.5) is 0 Å². The summed E-state index contributed by atoms with van der Waals surface area (Å²) in [4.78, 5) is 0. The third kappa shape index (κ3) is 3.35. The zero-order valence-corrected chi connectivity index (χ0v) is 11.1. The van der Waals surface area contributed by atoms with Crippen LogP contribution in [0.3, 0.4) is 0 Å². The van der Waals surface area contributed by atoms with Crippen LogP contribution in [0.5, 0.6) is 11.5 Å². The van der Waals surface area contributed by atoms with Gasteiger partial charge in [0.2, 0.25) is 0 Å². The lowest BCUT2D eigenvalue weighted by Gasteiger charge is -2.07. The number of hydrogen-bond acceptors (Lipinski definition) is 3. The lowest BCUT2D eigenvalue weighted by Crippen LogP contribution is -2.03. The van der Waals surface area contributed by atoms with E-state index in [1.807, 2.05) is 48.5 Å². The summed E-state index contributed by atoms with van der Waals surface area (Å²) in [6, 6.07) is 15.4. The number of nitrogens with one attached hydrogen (secondary N) is 1. The van der Waals surface area contributed by atoms with Crippen molar-refractivity contribution >= 4 is 5.71 Å². The molecule has 0 radical (unpaired) electrons. The van der Waals surface area contributed by atoms with E-state index in [0.29, 0.717) is 12.1 Å². The molecule has 0 spiro atoms. The first kappa shape index (κ1) is 13.1. The van der Waals surface area contributed by atoms with Gasteiger partial charge in [-0.25, -0.2) is 0 Å². The molecule has 0 fully saturated rings. The highest BCUT2D eigenvalue weighted by Gasteiger charge is 2.04. The Hall–Kier alpha value is -2.29. The summed E-state index contributed by atoms with van der Waals surface area (Å²) in [6.07, 6.45) is 0.594. The highest BCUT2D eigenvalue weighted by molar-refractivity contribution is 5.99. The van der Waals surface area contributed by atoms with E-state index in [-0.39, 0.29) is 0 Å². The second-order valence-corrected chi connectivity index (χ2v) is 4.24. The first-order valence-corrected chi connectivity index (χ1v) is 6.07. The first-order valence-electron chi connectivity index (χ1n) is 6.07. The molecular weight excluding hydrogens is 238 g/mol. The molecule has 19 heavy (non-hydrogen) atoms. The lowest BCUT2D eigenvalue weighted by atomic mass is 10.0. The maximum Gasteiger partial charge on any atom is 0.119 e. The van der Waals surface area contributed by atoms with Gasteiger partial charge in [0.15, 0.2) is 0 Å². The largest absolute Gasteiger partial charge is 0.497 e. The minimum Gasteiger partial charge on any atom is -0.497 e. The van der Waals surface area contributed by atoms with Crippen molar-refractivity contribution in [2.75, 3.05) is 14.2 Å². The topological polar surface area (TPSA) is 42.3 Å². The van der Waals surface area contributed by atoms with Gasteiger partial charge in [0, 0.05) is 12.1 Å². The molecule has 0 atom stereocenters. The van der Waals surface area contributed by atoms with E-state index in [2.05, 4.69) is 0 Å². The quantitative estimate of drug-likeness (QED) is 0.833. The maximum atomic E-state index is 8.15. The Bertz CT molecular complexity index is 561. The molecule has 2 aromatic rings. The first-order chi connectivity index (χ1) is 9.22. The number of hydrogen-bond donors (Lipinski definition) is 1. The van der Waals surface area contributed by atoms with Crippen LogP contribution >= 0.6 is 0 Å². The predicted octanol–water partition coefficient (Wildman–Crippen LogP) is 3.31. The van der Waals surface area contributed by atoms with Crippen molar-refractivity contribution in [1.29, 1.82) is 5.41 Å². The molecule has 2 rings (SSSR count). The molecule has 0 saturated carbocycles. The molecule has 0 saturated heterocycles. The molecule has 3 heteroatoms. The average Bonchev–Trinajstić information content (AvgIpc) is 2.48. The van der Waals surface area contributed by atoms with Gasteiger partial charge in [0.25, 0.3) is 0 Å². The second-order valence-electron chi connectivity index (χ2n) is 4.24. The van der Waals surface area contributed by atoms with E-state index >= 15 is 0 Å². The fraction of sp³-hybridized carbons (Fsp3) is 0.188. The maximum absolute atomic E-state index is 8.15. The lowest BCUT2D eigenvalue weighted by molar-refractivity contribution is 0.414. The molecule has 0 unspecified atom stereocenters. The van der Waals surface area contributed by atoms with Crippen molar-refractivity contribution in [2.24, 2.45) is 0 Å². The monoisotopic (exact) mass is 255 g/mol. The van der Waals surface area contributed by atoms with E-state index in [0.717, 1.165) is 22.6 Å². The van der Waals surface area contributed by atoms with Crippen molar-refractivity contribution in [3.8, 4) is 11.5 Å². The van der Waals surface area contributed by atoms with Crippen LogP contribution in [-0.2, 0) is 6.42 Å². The van der Waals surface area contributed by atoms with Gasteiger partial charge >= 0.3 is 0 Å². The van der Waals surface area contributed by atoms with E-state index in [1.165, 1.54) is 0 Å². The Labute approximate surface area is 113 Å². The Morgan fingerprint density at radius 2 is 1.63 bits per heavy atom. The molecule has 1 N–H and O–H groups in total. The van der Waals surface area contributed by atoms with Crippen molar-refractivity contribution in [3.05, 3.63) is 59.7 Å². The molecule has 0 aliphatic rings. The van der Waals surface area contributed by atoms with Gasteiger partial charge in [-0.05, 0) is 35.4 Å². The van der Waals surface area contributed by atoms with E-state index in [4.69, 9.17) is 14.9 Å². The molecule has 0 amide bonds. The zero-order chi connectivity index (χ0) is 13.7. The molecule has 0 bridgehead atoms. The van der Waals surface area contributed by atoms with Gasteiger partial charge in [-0.2, -0.15) is 0 Å². The third-order valence-electron chi connectivity index (χ3n) is 2.96. The van der Waals surface area contributed by atoms with Gasteiger partial charge in [-0.1, -0.05) is 24.3 Å². The van der Waals surface area contributed by atoms with E-state index in [9.17, 15) is 0 Å². The summed E-state index contributed by atoms with van der Waals surface area (Å²) in [7, 11) is 3.28. The highest BCUT2D eigenvalue weighted by atomic mass is 16.5.